The van der Waals surface area contributed by atoms with Crippen molar-refractivity contribution in [2.75, 3.05) is 21.3 Å². The van der Waals surface area contributed by atoms with E-state index in [-0.39, 0.29) is 0 Å². The molecule has 0 aliphatic carbocycles. The van der Waals surface area contributed by atoms with E-state index < -0.39 is 23.7 Å². The Morgan fingerprint density at radius 3 is 1.21 bits per heavy atom. The Bertz CT molecular complexity index is 934. The monoisotopic (exact) mass is 382 g/mol. The van der Waals surface area contributed by atoms with E-state index >= 15 is 0 Å². The van der Waals surface area contributed by atoms with Crippen LogP contribution in [0.2, 0.25) is 0 Å². The number of rotatable bonds is 4. The van der Waals surface area contributed by atoms with Gasteiger partial charge in [-0.05, 0) is 54.6 Å². The van der Waals surface area contributed by atoms with Crippen molar-refractivity contribution in [2.45, 2.75) is 0 Å². The van der Waals surface area contributed by atoms with Crippen LogP contribution in [0.25, 0.3) is 0 Å². The van der Waals surface area contributed by atoms with E-state index in [2.05, 4.69) is 21.3 Å². The molecule has 0 atom stereocenters. The summed E-state index contributed by atoms with van der Waals surface area (Å²) in [5.41, 5.74) is 1.44. The summed E-state index contributed by atoms with van der Waals surface area (Å²) in [7, 11) is 0. The maximum atomic E-state index is 13.2. The van der Waals surface area contributed by atoms with Crippen molar-refractivity contribution in [3.05, 3.63) is 84.4 Å². The number of carbonyl (C=O) groups is 2. The number of benzene rings is 3. The molecule has 0 saturated carbocycles. The van der Waals surface area contributed by atoms with Crippen LogP contribution in [0.5, 0.6) is 0 Å². The Morgan fingerprint density at radius 2 is 0.857 bits per heavy atom. The Labute approximate surface area is 159 Å². The number of carbonyl (C=O) groups excluding carboxylic acids is 2. The van der Waals surface area contributed by atoms with E-state index in [0.717, 1.165) is 0 Å². The molecule has 0 fully saturated rings. The molecule has 0 unspecified atom stereocenters. The van der Waals surface area contributed by atoms with Gasteiger partial charge in [-0.2, -0.15) is 0 Å². The van der Waals surface area contributed by atoms with Gasteiger partial charge >= 0.3 is 12.1 Å². The van der Waals surface area contributed by atoms with Gasteiger partial charge in [0, 0.05) is 22.7 Å². The Kier molecular flexibility index (Phi) is 5.81. The van der Waals surface area contributed by atoms with Gasteiger partial charge in [-0.3, -0.25) is 0 Å². The Hall–Kier alpha value is -3.94. The van der Waals surface area contributed by atoms with Crippen LogP contribution in [0.3, 0.4) is 0 Å². The van der Waals surface area contributed by atoms with Crippen molar-refractivity contribution in [3.63, 3.8) is 0 Å². The number of amides is 4. The second-order valence-corrected chi connectivity index (χ2v) is 5.76. The maximum Gasteiger partial charge on any atom is 0.323 e. The second kappa shape index (κ2) is 8.63. The summed E-state index contributed by atoms with van der Waals surface area (Å²) in [4.78, 5) is 24.0. The molecule has 0 aromatic heterocycles. The molecule has 3 aromatic carbocycles. The number of urea groups is 2. The molecule has 4 N–H and O–H groups in total. The van der Waals surface area contributed by atoms with Gasteiger partial charge in [0.25, 0.3) is 0 Å². The van der Waals surface area contributed by atoms with E-state index in [1.807, 2.05) is 0 Å². The van der Waals surface area contributed by atoms with Crippen molar-refractivity contribution in [3.8, 4) is 0 Å². The van der Waals surface area contributed by atoms with Crippen LogP contribution in [-0.2, 0) is 0 Å². The lowest BCUT2D eigenvalue weighted by Gasteiger charge is -2.11. The molecule has 142 valence electrons. The van der Waals surface area contributed by atoms with E-state index in [1.165, 1.54) is 42.5 Å². The van der Waals surface area contributed by atoms with Crippen LogP contribution in [0.15, 0.2) is 72.8 Å². The fourth-order valence-electron chi connectivity index (χ4n) is 2.39. The smallest absolute Gasteiger partial charge is 0.308 e. The van der Waals surface area contributed by atoms with Crippen LogP contribution >= 0.6 is 0 Å². The van der Waals surface area contributed by atoms with Gasteiger partial charge in [0.2, 0.25) is 0 Å². The summed E-state index contributed by atoms with van der Waals surface area (Å²) in [5, 5.41) is 10.2. The van der Waals surface area contributed by atoms with Gasteiger partial charge in [-0.15, -0.1) is 0 Å². The summed E-state index contributed by atoms with van der Waals surface area (Å²) in [6.45, 7) is 0. The zero-order valence-corrected chi connectivity index (χ0v) is 14.5. The van der Waals surface area contributed by atoms with E-state index in [9.17, 15) is 18.4 Å². The minimum Gasteiger partial charge on any atom is -0.308 e. The first-order valence-electron chi connectivity index (χ1n) is 8.25. The second-order valence-electron chi connectivity index (χ2n) is 5.76. The molecule has 0 saturated heterocycles. The third kappa shape index (κ3) is 5.53. The SMILES string of the molecule is O=C(Nc1cccc(F)c1)Nc1cccc(NC(=O)Nc2cccc(F)c2)c1. The third-order valence-electron chi connectivity index (χ3n) is 3.54. The van der Waals surface area contributed by atoms with Crippen LogP contribution < -0.4 is 21.3 Å². The largest absolute Gasteiger partial charge is 0.323 e. The zero-order valence-electron chi connectivity index (χ0n) is 14.5. The summed E-state index contributed by atoms with van der Waals surface area (Å²) in [6.07, 6.45) is 0. The molecule has 3 rings (SSSR count). The highest BCUT2D eigenvalue weighted by molar-refractivity contribution is 6.02. The standard InChI is InChI=1S/C20H16F2N4O2/c21-13-4-1-6-15(10-13)23-19(27)25-17-8-3-9-18(12-17)26-20(28)24-16-7-2-5-14(22)11-16/h1-12H,(H2,23,25,27)(H2,24,26,28). The number of halogens is 2. The van der Waals surface area contributed by atoms with Crippen LogP contribution in [0, 0.1) is 11.6 Å². The molecule has 4 amide bonds. The highest BCUT2D eigenvalue weighted by Crippen LogP contribution is 2.17. The van der Waals surface area contributed by atoms with Gasteiger partial charge in [0.15, 0.2) is 0 Å². The normalized spacial score (nSPS) is 10.1. The predicted octanol–water partition coefficient (Wildman–Crippen LogP) is 5.25. The maximum absolute atomic E-state index is 13.2. The van der Waals surface area contributed by atoms with Crippen molar-refractivity contribution in [1.29, 1.82) is 0 Å². The van der Waals surface area contributed by atoms with Crippen LogP contribution in [0.1, 0.15) is 0 Å². The highest BCUT2D eigenvalue weighted by Gasteiger charge is 2.07. The lowest BCUT2D eigenvalue weighted by molar-refractivity contribution is 0.261. The quantitative estimate of drug-likeness (QED) is 0.497. The molecule has 0 bridgehead atoms. The van der Waals surface area contributed by atoms with Gasteiger partial charge in [0.1, 0.15) is 11.6 Å². The lowest BCUT2D eigenvalue weighted by atomic mass is 10.2. The van der Waals surface area contributed by atoms with Crippen molar-refractivity contribution in [1.82, 2.24) is 0 Å². The van der Waals surface area contributed by atoms with E-state index in [0.29, 0.717) is 22.7 Å². The molecule has 0 spiro atoms. The first kappa shape index (κ1) is 18.8. The summed E-state index contributed by atoms with van der Waals surface area (Å²) in [5.74, 6) is -0.929. The zero-order chi connectivity index (χ0) is 19.9. The highest BCUT2D eigenvalue weighted by atomic mass is 19.1. The van der Waals surface area contributed by atoms with Gasteiger partial charge in [-0.25, -0.2) is 18.4 Å². The van der Waals surface area contributed by atoms with Gasteiger partial charge in [-0.1, -0.05) is 18.2 Å². The molecule has 0 heterocycles. The lowest BCUT2D eigenvalue weighted by Crippen LogP contribution is -2.21. The molecule has 28 heavy (non-hydrogen) atoms. The minimum atomic E-state index is -0.563. The minimum absolute atomic E-state index is 0.307. The number of hydrogen-bond donors (Lipinski definition) is 4. The predicted molar refractivity (Wildman–Crippen MR) is 105 cm³/mol. The molecule has 0 aliphatic heterocycles. The Morgan fingerprint density at radius 1 is 0.536 bits per heavy atom. The number of hydrogen-bond acceptors (Lipinski definition) is 2. The summed E-state index contributed by atoms with van der Waals surface area (Å²) < 4.78 is 26.3. The molecular formula is C20H16F2N4O2. The average molecular weight is 382 g/mol. The molecule has 0 radical (unpaired) electrons. The van der Waals surface area contributed by atoms with Crippen molar-refractivity contribution < 1.29 is 18.4 Å². The third-order valence-corrected chi connectivity index (χ3v) is 3.54. The molecule has 0 aliphatic rings. The number of anilines is 4. The average Bonchev–Trinajstić information content (AvgIpc) is 2.61. The Balaban J connectivity index is 1.58. The van der Waals surface area contributed by atoms with Crippen molar-refractivity contribution in [2.24, 2.45) is 0 Å². The molecule has 6 nitrogen and oxygen atoms in total. The van der Waals surface area contributed by atoms with Crippen molar-refractivity contribution >= 4 is 34.8 Å². The van der Waals surface area contributed by atoms with Crippen LogP contribution in [0.4, 0.5) is 41.1 Å². The molecular weight excluding hydrogens is 366 g/mol. The van der Waals surface area contributed by atoms with E-state index in [1.54, 1.807) is 30.3 Å². The summed E-state index contributed by atoms with van der Waals surface area (Å²) >= 11 is 0. The van der Waals surface area contributed by atoms with Crippen LogP contribution in [-0.4, -0.2) is 12.1 Å². The van der Waals surface area contributed by atoms with E-state index in [4.69, 9.17) is 0 Å². The molecule has 3 aromatic rings. The summed E-state index contributed by atoms with van der Waals surface area (Å²) in [6, 6.07) is 16.3. The number of nitrogens with one attached hydrogen (secondary N) is 4. The fraction of sp³-hybridized carbons (Fsp3) is 0. The van der Waals surface area contributed by atoms with Gasteiger partial charge < -0.3 is 21.3 Å². The molecule has 8 heteroatoms. The van der Waals surface area contributed by atoms with Gasteiger partial charge in [0.05, 0.1) is 0 Å². The topological polar surface area (TPSA) is 82.3 Å². The first-order chi connectivity index (χ1) is 13.5. The first-order valence-corrected chi connectivity index (χ1v) is 8.25. The fourth-order valence-corrected chi connectivity index (χ4v) is 2.39.